The van der Waals surface area contributed by atoms with E-state index < -0.39 is 17.8 Å². The van der Waals surface area contributed by atoms with Crippen LogP contribution in [-0.4, -0.2) is 30.7 Å². The van der Waals surface area contributed by atoms with Crippen LogP contribution in [-0.2, 0) is 0 Å². The number of nitrogens with one attached hydrogen (secondary N) is 1. The minimum Gasteiger partial charge on any atom is -0.494 e. The van der Waals surface area contributed by atoms with E-state index in [9.17, 15) is 14.4 Å². The molecule has 4 aromatic rings. The highest BCUT2D eigenvalue weighted by Gasteiger charge is 2.15. The van der Waals surface area contributed by atoms with Gasteiger partial charge in [-0.1, -0.05) is 36.4 Å². The maximum Gasteiger partial charge on any atom is 0.343 e. The lowest BCUT2D eigenvalue weighted by atomic mass is 10.2. The van der Waals surface area contributed by atoms with Gasteiger partial charge >= 0.3 is 11.9 Å². The van der Waals surface area contributed by atoms with E-state index in [1.807, 2.05) is 6.92 Å². The van der Waals surface area contributed by atoms with Crippen LogP contribution >= 0.6 is 0 Å². The fourth-order valence-corrected chi connectivity index (χ4v) is 3.34. The lowest BCUT2D eigenvalue weighted by Crippen LogP contribution is -2.17. The number of hydrazone groups is 1. The molecule has 0 heterocycles. The molecule has 0 aromatic heterocycles. The first kappa shape index (κ1) is 25.8. The van der Waals surface area contributed by atoms with E-state index in [1.54, 1.807) is 91.0 Å². The summed E-state index contributed by atoms with van der Waals surface area (Å²) in [6.45, 7) is 2.40. The highest BCUT2D eigenvalue weighted by molar-refractivity contribution is 5.96. The molecular formula is C30H24N2O6. The lowest BCUT2D eigenvalue weighted by molar-refractivity contribution is 0.0732. The number of benzene rings is 4. The van der Waals surface area contributed by atoms with Crippen LogP contribution in [0.15, 0.2) is 108 Å². The molecule has 0 saturated carbocycles. The minimum absolute atomic E-state index is 0.0938. The fraction of sp³-hybridized carbons (Fsp3) is 0.0667. The van der Waals surface area contributed by atoms with Crippen molar-refractivity contribution in [1.82, 2.24) is 5.43 Å². The van der Waals surface area contributed by atoms with Gasteiger partial charge in [-0.25, -0.2) is 15.0 Å². The maximum atomic E-state index is 12.7. The summed E-state index contributed by atoms with van der Waals surface area (Å²) < 4.78 is 16.4. The van der Waals surface area contributed by atoms with Gasteiger partial charge in [-0.3, -0.25) is 4.79 Å². The molecule has 38 heavy (non-hydrogen) atoms. The third-order valence-electron chi connectivity index (χ3n) is 5.21. The van der Waals surface area contributed by atoms with Gasteiger partial charge in [0.1, 0.15) is 17.2 Å². The van der Waals surface area contributed by atoms with Gasteiger partial charge in [0, 0.05) is 17.2 Å². The highest BCUT2D eigenvalue weighted by Crippen LogP contribution is 2.26. The molecular weight excluding hydrogens is 484 g/mol. The van der Waals surface area contributed by atoms with E-state index in [2.05, 4.69) is 10.5 Å². The second-order valence-corrected chi connectivity index (χ2v) is 7.87. The Morgan fingerprint density at radius 2 is 1.29 bits per heavy atom. The summed E-state index contributed by atoms with van der Waals surface area (Å²) in [5.74, 6) is -0.673. The number of amides is 1. The van der Waals surface area contributed by atoms with E-state index >= 15 is 0 Å². The largest absolute Gasteiger partial charge is 0.494 e. The van der Waals surface area contributed by atoms with Crippen molar-refractivity contribution in [2.75, 3.05) is 6.61 Å². The van der Waals surface area contributed by atoms with Crippen molar-refractivity contribution in [3.8, 4) is 17.2 Å². The molecule has 1 amide bonds. The van der Waals surface area contributed by atoms with Gasteiger partial charge in [-0.2, -0.15) is 5.10 Å². The van der Waals surface area contributed by atoms with E-state index in [1.165, 1.54) is 18.3 Å². The number of nitrogens with zero attached hydrogens (tertiary/aromatic N) is 1. The van der Waals surface area contributed by atoms with Crippen LogP contribution in [0.4, 0.5) is 0 Å². The summed E-state index contributed by atoms with van der Waals surface area (Å²) in [7, 11) is 0. The summed E-state index contributed by atoms with van der Waals surface area (Å²) in [6.07, 6.45) is 1.34. The van der Waals surface area contributed by atoms with Crippen molar-refractivity contribution in [3.63, 3.8) is 0 Å². The van der Waals surface area contributed by atoms with Crippen molar-refractivity contribution in [2.45, 2.75) is 6.92 Å². The fourth-order valence-electron chi connectivity index (χ4n) is 3.34. The Morgan fingerprint density at radius 1 is 0.711 bits per heavy atom. The smallest absolute Gasteiger partial charge is 0.343 e. The van der Waals surface area contributed by atoms with Crippen molar-refractivity contribution in [1.29, 1.82) is 0 Å². The highest BCUT2D eigenvalue weighted by atomic mass is 16.5. The molecule has 0 fully saturated rings. The summed E-state index contributed by atoms with van der Waals surface area (Å²) in [5.41, 5.74) is 3.92. The molecule has 4 rings (SSSR count). The van der Waals surface area contributed by atoms with E-state index in [4.69, 9.17) is 14.2 Å². The van der Waals surface area contributed by atoms with Gasteiger partial charge in [0.05, 0.1) is 23.9 Å². The molecule has 0 bridgehead atoms. The van der Waals surface area contributed by atoms with Crippen LogP contribution in [0.1, 0.15) is 43.6 Å². The first-order chi connectivity index (χ1) is 18.5. The van der Waals surface area contributed by atoms with Gasteiger partial charge in [0.2, 0.25) is 0 Å². The Kier molecular flexibility index (Phi) is 8.60. The molecule has 1 N–H and O–H groups in total. The Morgan fingerprint density at radius 3 is 1.89 bits per heavy atom. The monoisotopic (exact) mass is 508 g/mol. The standard InChI is InChI=1S/C30H24N2O6/c1-2-36-25-16-13-21(14-17-25)28(33)32-31-20-24-15-18-26(37-29(34)22-9-5-3-6-10-22)19-27(24)38-30(35)23-11-7-4-8-12-23/h3-20H,2H2,1H3,(H,32,33). The van der Waals surface area contributed by atoms with Gasteiger partial charge in [-0.15, -0.1) is 0 Å². The number of ether oxygens (including phenoxy) is 3. The van der Waals surface area contributed by atoms with Gasteiger partial charge < -0.3 is 14.2 Å². The number of carbonyl (C=O) groups excluding carboxylic acids is 3. The molecule has 190 valence electrons. The van der Waals surface area contributed by atoms with Gasteiger partial charge in [0.25, 0.3) is 5.91 Å². The second-order valence-electron chi connectivity index (χ2n) is 7.87. The van der Waals surface area contributed by atoms with Crippen molar-refractivity contribution >= 4 is 24.1 Å². The van der Waals surface area contributed by atoms with Crippen LogP contribution in [0.5, 0.6) is 17.2 Å². The lowest BCUT2D eigenvalue weighted by Gasteiger charge is -2.10. The first-order valence-corrected chi connectivity index (χ1v) is 11.8. The van der Waals surface area contributed by atoms with E-state index in [0.717, 1.165) is 0 Å². The van der Waals surface area contributed by atoms with Crippen molar-refractivity contribution in [2.24, 2.45) is 5.10 Å². The van der Waals surface area contributed by atoms with E-state index in [0.29, 0.717) is 34.6 Å². The molecule has 4 aromatic carbocycles. The third kappa shape index (κ3) is 6.92. The molecule has 8 nitrogen and oxygen atoms in total. The van der Waals surface area contributed by atoms with Crippen LogP contribution in [0.25, 0.3) is 0 Å². The molecule has 0 saturated heterocycles. The van der Waals surface area contributed by atoms with E-state index in [-0.39, 0.29) is 11.5 Å². The second kappa shape index (κ2) is 12.6. The van der Waals surface area contributed by atoms with Gasteiger partial charge in [-0.05, 0) is 67.6 Å². The topological polar surface area (TPSA) is 103 Å². The molecule has 0 spiro atoms. The molecule has 8 heteroatoms. The molecule has 0 atom stereocenters. The van der Waals surface area contributed by atoms with Crippen LogP contribution < -0.4 is 19.6 Å². The van der Waals surface area contributed by atoms with Crippen molar-refractivity contribution < 1.29 is 28.6 Å². The molecule has 0 radical (unpaired) electrons. The van der Waals surface area contributed by atoms with Crippen molar-refractivity contribution in [3.05, 3.63) is 125 Å². The Bertz CT molecular complexity index is 1440. The van der Waals surface area contributed by atoms with Crippen LogP contribution in [0, 0.1) is 0 Å². The number of carbonyl (C=O) groups is 3. The number of hydrogen-bond acceptors (Lipinski definition) is 7. The quantitative estimate of drug-likeness (QED) is 0.143. The zero-order valence-electron chi connectivity index (χ0n) is 20.5. The minimum atomic E-state index is -0.606. The predicted molar refractivity (Wildman–Crippen MR) is 142 cm³/mol. The summed E-state index contributed by atoms with van der Waals surface area (Å²) in [6, 6.07) is 28.1. The zero-order valence-corrected chi connectivity index (χ0v) is 20.5. The summed E-state index contributed by atoms with van der Waals surface area (Å²) >= 11 is 0. The zero-order chi connectivity index (χ0) is 26.7. The average Bonchev–Trinajstić information content (AvgIpc) is 2.95. The molecule has 0 aliphatic rings. The average molecular weight is 509 g/mol. The summed E-state index contributed by atoms with van der Waals surface area (Å²) in [5, 5.41) is 4.00. The van der Waals surface area contributed by atoms with Gasteiger partial charge in [0.15, 0.2) is 0 Å². The SMILES string of the molecule is CCOc1ccc(C(=O)NN=Cc2ccc(OC(=O)c3ccccc3)cc2OC(=O)c2ccccc2)cc1. The third-order valence-corrected chi connectivity index (χ3v) is 5.21. The summed E-state index contributed by atoms with van der Waals surface area (Å²) in [4.78, 5) is 37.6. The first-order valence-electron chi connectivity index (χ1n) is 11.8. The maximum absolute atomic E-state index is 12.7. The predicted octanol–water partition coefficient (Wildman–Crippen LogP) is 5.29. The van der Waals surface area contributed by atoms with Crippen LogP contribution in [0.2, 0.25) is 0 Å². The Balaban J connectivity index is 1.52. The number of rotatable bonds is 9. The Labute approximate surface area is 219 Å². The number of esters is 2. The molecule has 0 unspecified atom stereocenters. The molecule has 0 aliphatic heterocycles. The molecule has 0 aliphatic carbocycles. The van der Waals surface area contributed by atoms with Crippen LogP contribution in [0.3, 0.4) is 0 Å². The number of hydrogen-bond donors (Lipinski definition) is 1. The Hall–Kier alpha value is -5.24. The normalized spacial score (nSPS) is 10.6.